The van der Waals surface area contributed by atoms with E-state index in [1.807, 2.05) is 30.3 Å². The molecule has 0 fully saturated rings. The molecule has 0 spiro atoms. The lowest BCUT2D eigenvalue weighted by Gasteiger charge is -1.93. The molecular weight excluding hydrogens is 178 g/mol. The van der Waals surface area contributed by atoms with Crippen LogP contribution in [0.3, 0.4) is 0 Å². The summed E-state index contributed by atoms with van der Waals surface area (Å²) in [5, 5.41) is 0. The molecule has 14 heavy (non-hydrogen) atoms. The lowest BCUT2D eigenvalue weighted by atomic mass is 10.2. The summed E-state index contributed by atoms with van der Waals surface area (Å²) in [7, 11) is 0. The molecule has 0 saturated heterocycles. The average Bonchev–Trinajstić information content (AvgIpc) is 2.68. The zero-order chi connectivity index (χ0) is 9.97. The van der Waals surface area contributed by atoms with Crippen LogP contribution in [0.5, 0.6) is 0 Å². The highest BCUT2D eigenvalue weighted by atomic mass is 16.1. The maximum atomic E-state index is 10.8. The second-order valence-corrected chi connectivity index (χ2v) is 2.86. The van der Waals surface area contributed by atoms with Gasteiger partial charge in [0.25, 0.3) is 5.91 Å². The van der Waals surface area contributed by atoms with E-state index in [1.54, 1.807) is 0 Å². The van der Waals surface area contributed by atoms with Crippen LogP contribution in [0.15, 0.2) is 36.5 Å². The largest absolute Gasteiger partial charge is 0.364 e. The molecule has 0 bridgehead atoms. The van der Waals surface area contributed by atoms with Gasteiger partial charge in [0.2, 0.25) is 0 Å². The zero-order valence-electron chi connectivity index (χ0n) is 7.40. The Labute approximate surface area is 80.8 Å². The highest BCUT2D eigenvalue weighted by molar-refractivity contribution is 5.91. The van der Waals surface area contributed by atoms with Gasteiger partial charge in [-0.1, -0.05) is 30.3 Å². The molecule has 1 aromatic heterocycles. The lowest BCUT2D eigenvalue weighted by Crippen LogP contribution is -2.10. The van der Waals surface area contributed by atoms with Crippen LogP contribution in [-0.4, -0.2) is 15.9 Å². The first-order valence-corrected chi connectivity index (χ1v) is 4.18. The summed E-state index contributed by atoms with van der Waals surface area (Å²) in [6.45, 7) is 0. The van der Waals surface area contributed by atoms with Crippen molar-refractivity contribution in [2.45, 2.75) is 0 Å². The molecule has 0 atom stereocenters. The van der Waals surface area contributed by atoms with Gasteiger partial charge in [-0.25, -0.2) is 4.98 Å². The third kappa shape index (κ3) is 1.50. The summed E-state index contributed by atoms with van der Waals surface area (Å²) in [4.78, 5) is 17.7. The van der Waals surface area contributed by atoms with Gasteiger partial charge in [-0.05, 0) is 0 Å². The third-order valence-electron chi connectivity index (χ3n) is 1.88. The Morgan fingerprint density at radius 3 is 2.57 bits per heavy atom. The average molecular weight is 187 g/mol. The van der Waals surface area contributed by atoms with Crippen molar-refractivity contribution in [3.63, 3.8) is 0 Å². The Kier molecular flexibility index (Phi) is 2.02. The number of aromatic nitrogens is 2. The molecule has 4 nitrogen and oxygen atoms in total. The van der Waals surface area contributed by atoms with Crippen LogP contribution >= 0.6 is 0 Å². The van der Waals surface area contributed by atoms with E-state index in [2.05, 4.69) is 9.97 Å². The Hall–Kier alpha value is -2.10. The van der Waals surface area contributed by atoms with Gasteiger partial charge < -0.3 is 10.7 Å². The molecule has 1 heterocycles. The molecule has 2 aromatic rings. The standard InChI is InChI=1S/C10H9N3O/c11-9(14)8-6-12-10(13-8)7-4-2-1-3-5-7/h1-6H,(H2,11,14)(H,12,13). The SMILES string of the molecule is NC(=O)c1c[nH]c(-c2ccccc2)n1. The molecule has 1 aromatic carbocycles. The van der Waals surface area contributed by atoms with Crippen LogP contribution in [0.1, 0.15) is 10.5 Å². The quantitative estimate of drug-likeness (QED) is 0.740. The van der Waals surface area contributed by atoms with Crippen molar-refractivity contribution in [3.05, 3.63) is 42.2 Å². The normalized spacial score (nSPS) is 10.0. The minimum absolute atomic E-state index is 0.254. The van der Waals surface area contributed by atoms with Crippen molar-refractivity contribution in [1.29, 1.82) is 0 Å². The predicted molar refractivity (Wildman–Crippen MR) is 52.5 cm³/mol. The van der Waals surface area contributed by atoms with E-state index in [0.717, 1.165) is 5.56 Å². The third-order valence-corrected chi connectivity index (χ3v) is 1.88. The van der Waals surface area contributed by atoms with Gasteiger partial charge in [0.15, 0.2) is 0 Å². The highest BCUT2D eigenvalue weighted by Gasteiger charge is 2.06. The van der Waals surface area contributed by atoms with E-state index in [4.69, 9.17) is 5.73 Å². The minimum atomic E-state index is -0.525. The van der Waals surface area contributed by atoms with Gasteiger partial charge in [-0.2, -0.15) is 0 Å². The Balaban J connectivity index is 2.39. The number of nitrogens with two attached hydrogens (primary N) is 1. The zero-order valence-corrected chi connectivity index (χ0v) is 7.40. The van der Waals surface area contributed by atoms with Crippen molar-refractivity contribution in [1.82, 2.24) is 9.97 Å². The van der Waals surface area contributed by atoms with E-state index < -0.39 is 5.91 Å². The molecule has 70 valence electrons. The van der Waals surface area contributed by atoms with Crippen molar-refractivity contribution in [2.24, 2.45) is 5.73 Å². The van der Waals surface area contributed by atoms with Crippen LogP contribution in [0.4, 0.5) is 0 Å². The van der Waals surface area contributed by atoms with Gasteiger partial charge in [0.05, 0.1) is 0 Å². The number of hydrogen-bond donors (Lipinski definition) is 2. The number of imidazole rings is 1. The Bertz CT molecular complexity index is 447. The molecule has 1 amide bonds. The molecule has 0 aliphatic heterocycles. The number of H-pyrrole nitrogens is 1. The van der Waals surface area contributed by atoms with Crippen LogP contribution in [0, 0.1) is 0 Å². The number of primary amides is 1. The molecule has 3 N–H and O–H groups in total. The molecule has 0 aliphatic carbocycles. The number of aromatic amines is 1. The highest BCUT2D eigenvalue weighted by Crippen LogP contribution is 2.14. The second-order valence-electron chi connectivity index (χ2n) is 2.86. The van der Waals surface area contributed by atoms with E-state index in [-0.39, 0.29) is 5.69 Å². The lowest BCUT2D eigenvalue weighted by molar-refractivity contribution is 0.0996. The van der Waals surface area contributed by atoms with Crippen LogP contribution in [0.25, 0.3) is 11.4 Å². The Morgan fingerprint density at radius 1 is 1.29 bits per heavy atom. The van der Waals surface area contributed by atoms with E-state index in [9.17, 15) is 4.79 Å². The van der Waals surface area contributed by atoms with E-state index >= 15 is 0 Å². The summed E-state index contributed by atoms with van der Waals surface area (Å²) in [6.07, 6.45) is 1.50. The van der Waals surface area contributed by atoms with E-state index in [1.165, 1.54) is 6.20 Å². The van der Waals surface area contributed by atoms with Gasteiger partial charge in [-0.15, -0.1) is 0 Å². The first kappa shape index (κ1) is 8.50. The van der Waals surface area contributed by atoms with Gasteiger partial charge in [0, 0.05) is 11.8 Å². The molecule has 0 radical (unpaired) electrons. The maximum absolute atomic E-state index is 10.8. The fourth-order valence-electron chi connectivity index (χ4n) is 1.19. The van der Waals surface area contributed by atoms with Gasteiger partial charge >= 0.3 is 0 Å². The fraction of sp³-hybridized carbons (Fsp3) is 0. The summed E-state index contributed by atoms with van der Waals surface area (Å²) < 4.78 is 0. The van der Waals surface area contributed by atoms with Crippen molar-refractivity contribution < 1.29 is 4.79 Å². The number of carbonyl (C=O) groups excluding carboxylic acids is 1. The fourth-order valence-corrected chi connectivity index (χ4v) is 1.19. The summed E-state index contributed by atoms with van der Waals surface area (Å²) >= 11 is 0. The molecule has 0 saturated carbocycles. The summed E-state index contributed by atoms with van der Waals surface area (Å²) in [5.74, 6) is 0.128. The van der Waals surface area contributed by atoms with Crippen LogP contribution < -0.4 is 5.73 Å². The van der Waals surface area contributed by atoms with Crippen LogP contribution in [-0.2, 0) is 0 Å². The van der Waals surface area contributed by atoms with Gasteiger partial charge in [-0.3, -0.25) is 4.79 Å². The number of nitrogens with one attached hydrogen (secondary N) is 1. The molecule has 2 rings (SSSR count). The maximum Gasteiger partial charge on any atom is 0.268 e. The summed E-state index contributed by atoms with van der Waals surface area (Å²) in [6, 6.07) is 9.54. The monoisotopic (exact) mass is 187 g/mol. The number of carbonyl (C=O) groups is 1. The first-order chi connectivity index (χ1) is 6.77. The summed E-state index contributed by atoms with van der Waals surface area (Å²) in [5.41, 5.74) is 6.27. The van der Waals surface area contributed by atoms with E-state index in [0.29, 0.717) is 5.82 Å². The molecule has 0 unspecified atom stereocenters. The number of hydrogen-bond acceptors (Lipinski definition) is 2. The number of benzene rings is 1. The van der Waals surface area contributed by atoms with Crippen LogP contribution in [0.2, 0.25) is 0 Å². The van der Waals surface area contributed by atoms with Crippen molar-refractivity contribution in [2.75, 3.05) is 0 Å². The molecular formula is C10H9N3O. The topological polar surface area (TPSA) is 71.8 Å². The van der Waals surface area contributed by atoms with Gasteiger partial charge in [0.1, 0.15) is 11.5 Å². The molecule has 0 aliphatic rings. The second kappa shape index (κ2) is 3.33. The first-order valence-electron chi connectivity index (χ1n) is 4.18. The minimum Gasteiger partial charge on any atom is -0.364 e. The number of nitrogens with zero attached hydrogens (tertiary/aromatic N) is 1. The smallest absolute Gasteiger partial charge is 0.268 e. The number of amides is 1. The number of rotatable bonds is 2. The molecule has 4 heteroatoms. The van der Waals surface area contributed by atoms with Crippen molar-refractivity contribution in [3.8, 4) is 11.4 Å². The Morgan fingerprint density at radius 2 is 2.00 bits per heavy atom. The van der Waals surface area contributed by atoms with Crippen molar-refractivity contribution >= 4 is 5.91 Å². The predicted octanol–water partition coefficient (Wildman–Crippen LogP) is 1.18.